The van der Waals surface area contributed by atoms with Crippen LogP contribution in [-0.4, -0.2) is 24.9 Å². The first-order valence-corrected chi connectivity index (χ1v) is 8.98. The van der Waals surface area contributed by atoms with Gasteiger partial charge in [-0.25, -0.2) is 0 Å². The van der Waals surface area contributed by atoms with E-state index < -0.39 is 0 Å². The van der Waals surface area contributed by atoms with Crippen molar-refractivity contribution in [1.29, 1.82) is 0 Å². The third kappa shape index (κ3) is 6.02. The smallest absolute Gasteiger partial charge is 0.231 e. The summed E-state index contributed by atoms with van der Waals surface area (Å²) in [7, 11) is 4.09. The molecule has 0 aliphatic heterocycles. The zero-order valence-electron chi connectivity index (χ0n) is 16.0. The first-order chi connectivity index (χ1) is 11.8. The molecule has 0 radical (unpaired) electrons. The number of amides is 1. The predicted molar refractivity (Wildman–Crippen MR) is 106 cm³/mol. The number of hydrogen-bond acceptors (Lipinski definition) is 2. The Bertz CT molecular complexity index is 672. The Morgan fingerprint density at radius 3 is 2.00 bits per heavy atom. The van der Waals surface area contributed by atoms with Gasteiger partial charge in [0.05, 0.1) is 5.92 Å². The molecule has 0 aromatic heterocycles. The summed E-state index contributed by atoms with van der Waals surface area (Å²) in [4.78, 5) is 14.6. The molecular weight excluding hydrogens is 308 g/mol. The number of nitrogens with one attached hydrogen (secondary N) is 1. The van der Waals surface area contributed by atoms with Crippen LogP contribution >= 0.6 is 0 Å². The largest absolute Gasteiger partial charge is 0.326 e. The summed E-state index contributed by atoms with van der Waals surface area (Å²) in [5, 5.41) is 3.01. The molecule has 1 N–H and O–H groups in total. The van der Waals surface area contributed by atoms with Crippen molar-refractivity contribution in [2.75, 3.05) is 19.4 Å². The van der Waals surface area contributed by atoms with Gasteiger partial charge in [-0.3, -0.25) is 4.79 Å². The lowest BCUT2D eigenvalue weighted by Crippen LogP contribution is -2.19. The van der Waals surface area contributed by atoms with Crippen LogP contribution in [0, 0.1) is 5.92 Å². The Morgan fingerprint density at radius 1 is 0.920 bits per heavy atom. The molecule has 2 aromatic carbocycles. The summed E-state index contributed by atoms with van der Waals surface area (Å²) < 4.78 is 0. The molecule has 1 atom stereocenters. The third-order valence-corrected chi connectivity index (χ3v) is 4.24. The maximum atomic E-state index is 12.5. The van der Waals surface area contributed by atoms with Gasteiger partial charge in [0.25, 0.3) is 0 Å². The number of carbonyl (C=O) groups is 1. The summed E-state index contributed by atoms with van der Waals surface area (Å²) in [6.45, 7) is 7.28. The van der Waals surface area contributed by atoms with Gasteiger partial charge in [0.15, 0.2) is 0 Å². The number of anilines is 1. The number of rotatable bonds is 7. The normalized spacial score (nSPS) is 12.4. The molecule has 0 saturated carbocycles. The highest BCUT2D eigenvalue weighted by Gasteiger charge is 2.15. The van der Waals surface area contributed by atoms with Crippen LogP contribution < -0.4 is 5.32 Å². The van der Waals surface area contributed by atoms with E-state index in [-0.39, 0.29) is 11.8 Å². The van der Waals surface area contributed by atoms with Crippen LogP contribution in [0.3, 0.4) is 0 Å². The molecule has 25 heavy (non-hydrogen) atoms. The molecule has 0 aliphatic rings. The van der Waals surface area contributed by atoms with Gasteiger partial charge in [0.1, 0.15) is 0 Å². The number of benzene rings is 2. The molecule has 2 rings (SSSR count). The van der Waals surface area contributed by atoms with Gasteiger partial charge in [0, 0.05) is 12.2 Å². The Kier molecular flexibility index (Phi) is 6.77. The Balaban J connectivity index is 1.97. The summed E-state index contributed by atoms with van der Waals surface area (Å²) in [6, 6.07) is 16.5. The molecule has 0 bridgehead atoms. The van der Waals surface area contributed by atoms with Crippen molar-refractivity contribution >= 4 is 11.6 Å². The molecule has 3 nitrogen and oxygen atoms in total. The highest BCUT2D eigenvalue weighted by molar-refractivity contribution is 5.95. The Hall–Kier alpha value is -2.13. The van der Waals surface area contributed by atoms with Gasteiger partial charge in [-0.1, -0.05) is 50.2 Å². The van der Waals surface area contributed by atoms with E-state index in [1.165, 1.54) is 11.1 Å². The van der Waals surface area contributed by atoms with Gasteiger partial charge in [-0.2, -0.15) is 0 Å². The fourth-order valence-corrected chi connectivity index (χ4v) is 2.87. The third-order valence-electron chi connectivity index (χ3n) is 4.24. The van der Waals surface area contributed by atoms with Gasteiger partial charge >= 0.3 is 0 Å². The van der Waals surface area contributed by atoms with E-state index >= 15 is 0 Å². The first kappa shape index (κ1) is 19.2. The first-order valence-electron chi connectivity index (χ1n) is 8.98. The minimum Gasteiger partial charge on any atom is -0.326 e. The van der Waals surface area contributed by atoms with Gasteiger partial charge in [0.2, 0.25) is 5.91 Å². The van der Waals surface area contributed by atoms with E-state index in [0.717, 1.165) is 24.2 Å². The lowest BCUT2D eigenvalue weighted by atomic mass is 9.96. The second kappa shape index (κ2) is 8.82. The fraction of sp³-hybridized carbons (Fsp3) is 0.409. The highest BCUT2D eigenvalue weighted by atomic mass is 16.1. The Morgan fingerprint density at radius 2 is 1.48 bits per heavy atom. The van der Waals surface area contributed by atoms with Crippen LogP contribution in [0.15, 0.2) is 48.5 Å². The number of hydrogen-bond donors (Lipinski definition) is 1. The summed E-state index contributed by atoms with van der Waals surface area (Å²) in [5.74, 6) is 0.494. The van der Waals surface area contributed by atoms with E-state index in [4.69, 9.17) is 0 Å². The minimum absolute atomic E-state index is 0.0250. The molecule has 0 aliphatic carbocycles. The lowest BCUT2D eigenvalue weighted by Gasteiger charge is -2.14. The van der Waals surface area contributed by atoms with Crippen LogP contribution in [0.2, 0.25) is 0 Å². The minimum atomic E-state index is -0.172. The average molecular weight is 338 g/mol. The van der Waals surface area contributed by atoms with Crippen LogP contribution in [0.1, 0.15) is 43.4 Å². The monoisotopic (exact) mass is 338 g/mol. The molecule has 0 fully saturated rings. The molecule has 1 amide bonds. The zero-order chi connectivity index (χ0) is 18.4. The van der Waals surface area contributed by atoms with E-state index in [9.17, 15) is 4.79 Å². The lowest BCUT2D eigenvalue weighted by molar-refractivity contribution is -0.117. The zero-order valence-corrected chi connectivity index (χ0v) is 16.0. The van der Waals surface area contributed by atoms with E-state index in [1.807, 2.05) is 33.2 Å². The second-order valence-corrected chi connectivity index (χ2v) is 7.49. The fourth-order valence-electron chi connectivity index (χ4n) is 2.87. The molecule has 0 saturated heterocycles. The maximum absolute atomic E-state index is 12.5. The molecule has 0 spiro atoms. The van der Waals surface area contributed by atoms with E-state index in [2.05, 4.69) is 60.5 Å². The molecule has 2 aromatic rings. The summed E-state index contributed by atoms with van der Waals surface area (Å²) in [5.41, 5.74) is 4.45. The average Bonchev–Trinajstić information content (AvgIpc) is 2.55. The topological polar surface area (TPSA) is 32.3 Å². The standard InChI is InChI=1S/C22H30N2O/c1-16(2)14-18-6-10-20(11-7-18)17(3)22(25)23-21-12-8-19(9-13-21)15-24(4)5/h6-13,16-17H,14-15H2,1-5H3,(H,23,25)/t17-/m1/s1. The van der Waals surface area contributed by atoms with Crippen molar-refractivity contribution in [2.24, 2.45) is 5.92 Å². The van der Waals surface area contributed by atoms with Crippen molar-refractivity contribution in [3.05, 3.63) is 65.2 Å². The van der Waals surface area contributed by atoms with Crippen molar-refractivity contribution in [2.45, 2.75) is 39.7 Å². The van der Waals surface area contributed by atoms with E-state index in [1.54, 1.807) is 0 Å². The van der Waals surface area contributed by atoms with Crippen LogP contribution in [0.5, 0.6) is 0 Å². The van der Waals surface area contributed by atoms with Crippen molar-refractivity contribution in [1.82, 2.24) is 4.90 Å². The SMILES string of the molecule is CC(C)Cc1ccc([C@@H](C)C(=O)Nc2ccc(CN(C)C)cc2)cc1. The second-order valence-electron chi connectivity index (χ2n) is 7.49. The molecular formula is C22H30N2O. The van der Waals surface area contributed by atoms with Crippen LogP contribution in [0.25, 0.3) is 0 Å². The molecule has 0 unspecified atom stereocenters. The van der Waals surface area contributed by atoms with Crippen molar-refractivity contribution in [3.8, 4) is 0 Å². The van der Waals surface area contributed by atoms with Crippen molar-refractivity contribution in [3.63, 3.8) is 0 Å². The maximum Gasteiger partial charge on any atom is 0.231 e. The summed E-state index contributed by atoms with van der Waals surface area (Å²) >= 11 is 0. The number of nitrogens with zero attached hydrogens (tertiary/aromatic N) is 1. The molecule has 0 heterocycles. The van der Waals surface area contributed by atoms with Gasteiger partial charge in [-0.15, -0.1) is 0 Å². The summed E-state index contributed by atoms with van der Waals surface area (Å²) in [6.07, 6.45) is 1.07. The van der Waals surface area contributed by atoms with E-state index in [0.29, 0.717) is 5.92 Å². The molecule has 3 heteroatoms. The van der Waals surface area contributed by atoms with Gasteiger partial charge in [-0.05, 0) is 62.2 Å². The molecule has 134 valence electrons. The van der Waals surface area contributed by atoms with Gasteiger partial charge < -0.3 is 10.2 Å². The Labute approximate surface area is 152 Å². The van der Waals surface area contributed by atoms with Crippen LogP contribution in [0.4, 0.5) is 5.69 Å². The predicted octanol–water partition coefficient (Wildman–Crippen LogP) is 4.69. The number of carbonyl (C=O) groups excluding carboxylic acids is 1. The van der Waals surface area contributed by atoms with Crippen LogP contribution in [-0.2, 0) is 17.8 Å². The quantitative estimate of drug-likeness (QED) is 0.794. The highest BCUT2D eigenvalue weighted by Crippen LogP contribution is 2.20. The van der Waals surface area contributed by atoms with Crippen molar-refractivity contribution < 1.29 is 4.79 Å².